The molecular formula is C14H20O4. The van der Waals surface area contributed by atoms with Gasteiger partial charge < -0.3 is 9.47 Å². The lowest BCUT2D eigenvalue weighted by Gasteiger charge is -2.42. The van der Waals surface area contributed by atoms with E-state index in [1.807, 2.05) is 0 Å². The fourth-order valence-corrected chi connectivity index (χ4v) is 4.54. The summed E-state index contributed by atoms with van der Waals surface area (Å²) in [5, 5.41) is 0. The topological polar surface area (TPSA) is 52.6 Å². The maximum absolute atomic E-state index is 11.2. The van der Waals surface area contributed by atoms with Crippen LogP contribution in [0.2, 0.25) is 0 Å². The highest BCUT2D eigenvalue weighted by Gasteiger charge is 2.55. The Bertz CT molecular complexity index is 378. The molecule has 3 bridgehead atoms. The maximum atomic E-state index is 11.2. The zero-order valence-corrected chi connectivity index (χ0v) is 10.9. The van der Waals surface area contributed by atoms with Gasteiger partial charge in [0.15, 0.2) is 0 Å². The van der Waals surface area contributed by atoms with Crippen molar-refractivity contribution in [2.45, 2.75) is 51.7 Å². The SMILES string of the molecule is CC(=O)OC1CC2CC3CC(CC31)C2OC(C)=O. The zero-order valence-electron chi connectivity index (χ0n) is 10.9. The van der Waals surface area contributed by atoms with E-state index in [0.717, 1.165) is 25.7 Å². The number of carbonyl (C=O) groups is 2. The van der Waals surface area contributed by atoms with Crippen molar-refractivity contribution in [3.8, 4) is 0 Å². The van der Waals surface area contributed by atoms with E-state index in [2.05, 4.69) is 0 Å². The van der Waals surface area contributed by atoms with Crippen molar-refractivity contribution in [1.82, 2.24) is 0 Å². The number of fused-ring (bicyclic) bond motifs is 2. The van der Waals surface area contributed by atoms with E-state index < -0.39 is 0 Å². The van der Waals surface area contributed by atoms with E-state index in [-0.39, 0.29) is 24.1 Å². The van der Waals surface area contributed by atoms with Crippen molar-refractivity contribution < 1.29 is 19.1 Å². The summed E-state index contributed by atoms with van der Waals surface area (Å²) in [4.78, 5) is 22.4. The van der Waals surface area contributed by atoms with Crippen LogP contribution in [-0.2, 0) is 19.1 Å². The van der Waals surface area contributed by atoms with Crippen molar-refractivity contribution in [2.75, 3.05) is 0 Å². The minimum absolute atomic E-state index is 0.0526. The van der Waals surface area contributed by atoms with Gasteiger partial charge in [-0.25, -0.2) is 0 Å². The van der Waals surface area contributed by atoms with Gasteiger partial charge in [-0.2, -0.15) is 0 Å². The lowest BCUT2D eigenvalue weighted by molar-refractivity contribution is -0.162. The molecule has 4 nitrogen and oxygen atoms in total. The van der Waals surface area contributed by atoms with E-state index in [4.69, 9.17) is 9.47 Å². The molecule has 0 heterocycles. The molecule has 0 amide bonds. The van der Waals surface area contributed by atoms with Crippen molar-refractivity contribution in [3.05, 3.63) is 0 Å². The lowest BCUT2D eigenvalue weighted by atomic mass is 9.69. The molecule has 0 N–H and O–H groups in total. The van der Waals surface area contributed by atoms with Gasteiger partial charge in [0, 0.05) is 19.8 Å². The largest absolute Gasteiger partial charge is 0.462 e. The van der Waals surface area contributed by atoms with Crippen LogP contribution in [0.3, 0.4) is 0 Å². The summed E-state index contributed by atoms with van der Waals surface area (Å²) in [5.41, 5.74) is 0. The Morgan fingerprint density at radius 3 is 2.06 bits per heavy atom. The van der Waals surface area contributed by atoms with Gasteiger partial charge >= 0.3 is 11.9 Å². The second kappa shape index (κ2) is 4.25. The molecule has 0 radical (unpaired) electrons. The third-order valence-corrected chi connectivity index (χ3v) is 4.95. The third kappa shape index (κ3) is 1.91. The first-order valence-electron chi connectivity index (χ1n) is 6.89. The zero-order chi connectivity index (χ0) is 12.9. The van der Waals surface area contributed by atoms with Gasteiger partial charge in [-0.05, 0) is 43.4 Å². The predicted molar refractivity (Wildman–Crippen MR) is 63.5 cm³/mol. The second-order valence-corrected chi connectivity index (χ2v) is 6.11. The Hall–Kier alpha value is -1.06. The molecular weight excluding hydrogens is 232 g/mol. The molecule has 0 aromatic heterocycles. The van der Waals surface area contributed by atoms with Crippen LogP contribution < -0.4 is 0 Å². The van der Waals surface area contributed by atoms with E-state index in [1.54, 1.807) is 0 Å². The second-order valence-electron chi connectivity index (χ2n) is 6.11. The molecule has 0 aliphatic heterocycles. The highest BCUT2D eigenvalue weighted by atomic mass is 16.6. The van der Waals surface area contributed by atoms with Crippen LogP contribution in [0.1, 0.15) is 39.5 Å². The number of esters is 2. The number of ether oxygens (including phenoxy) is 2. The molecule has 100 valence electrons. The lowest BCUT2D eigenvalue weighted by Crippen LogP contribution is -2.43. The molecule has 3 fully saturated rings. The Kier molecular flexibility index (Phi) is 2.83. The standard InChI is InChI=1S/C14H20O4/c1-7(15)17-13-6-11-4-9-3-10(5-12(9)13)14(11)18-8(2)16/h9-14H,3-6H2,1-2H3. The van der Waals surface area contributed by atoms with Crippen LogP contribution in [0.4, 0.5) is 0 Å². The Balaban J connectivity index is 1.78. The molecule has 0 saturated heterocycles. The molecule has 18 heavy (non-hydrogen) atoms. The monoisotopic (exact) mass is 252 g/mol. The normalized spacial score (nSPS) is 44.8. The van der Waals surface area contributed by atoms with Crippen molar-refractivity contribution in [3.63, 3.8) is 0 Å². The van der Waals surface area contributed by atoms with E-state index in [0.29, 0.717) is 23.7 Å². The van der Waals surface area contributed by atoms with Crippen LogP contribution in [0.25, 0.3) is 0 Å². The molecule has 0 aromatic rings. The number of rotatable bonds is 2. The summed E-state index contributed by atoms with van der Waals surface area (Å²) in [5.74, 6) is 1.68. The summed E-state index contributed by atoms with van der Waals surface area (Å²) in [6.45, 7) is 2.96. The van der Waals surface area contributed by atoms with E-state index in [9.17, 15) is 9.59 Å². The molecule has 3 aliphatic rings. The van der Waals surface area contributed by atoms with Gasteiger partial charge in [0.05, 0.1) is 0 Å². The van der Waals surface area contributed by atoms with Gasteiger partial charge in [0.2, 0.25) is 0 Å². The molecule has 4 heteroatoms. The highest BCUT2D eigenvalue weighted by Crippen LogP contribution is 2.56. The molecule has 6 atom stereocenters. The predicted octanol–water partition coefficient (Wildman–Crippen LogP) is 1.92. The average Bonchev–Trinajstić information content (AvgIpc) is 2.58. The van der Waals surface area contributed by atoms with Gasteiger partial charge in [0.25, 0.3) is 0 Å². The molecule has 3 aliphatic carbocycles. The van der Waals surface area contributed by atoms with Crippen LogP contribution in [0.15, 0.2) is 0 Å². The first-order valence-corrected chi connectivity index (χ1v) is 6.89. The van der Waals surface area contributed by atoms with Crippen LogP contribution in [-0.4, -0.2) is 24.1 Å². The average molecular weight is 252 g/mol. The Morgan fingerprint density at radius 2 is 1.44 bits per heavy atom. The third-order valence-electron chi connectivity index (χ3n) is 4.95. The van der Waals surface area contributed by atoms with Gasteiger partial charge in [-0.3, -0.25) is 9.59 Å². The first-order chi connectivity index (χ1) is 8.54. The van der Waals surface area contributed by atoms with Crippen LogP contribution in [0.5, 0.6) is 0 Å². The number of carbonyl (C=O) groups excluding carboxylic acids is 2. The van der Waals surface area contributed by atoms with Gasteiger partial charge in [-0.15, -0.1) is 0 Å². The van der Waals surface area contributed by atoms with Gasteiger partial charge in [0.1, 0.15) is 12.2 Å². The van der Waals surface area contributed by atoms with Crippen LogP contribution >= 0.6 is 0 Å². The summed E-state index contributed by atoms with van der Waals surface area (Å²) in [6.07, 6.45) is 4.31. The molecule has 0 aromatic carbocycles. The quantitative estimate of drug-likeness (QED) is 0.704. The fraction of sp³-hybridized carbons (Fsp3) is 0.857. The summed E-state index contributed by atoms with van der Waals surface area (Å²) < 4.78 is 11.0. The summed E-state index contributed by atoms with van der Waals surface area (Å²) >= 11 is 0. The smallest absolute Gasteiger partial charge is 0.302 e. The Morgan fingerprint density at radius 1 is 0.833 bits per heavy atom. The van der Waals surface area contributed by atoms with Crippen molar-refractivity contribution in [2.24, 2.45) is 23.7 Å². The summed E-state index contributed by atoms with van der Waals surface area (Å²) in [7, 11) is 0. The molecule has 3 saturated carbocycles. The molecule has 3 rings (SSSR count). The fourth-order valence-electron chi connectivity index (χ4n) is 4.54. The number of hydrogen-bond acceptors (Lipinski definition) is 4. The van der Waals surface area contributed by atoms with Crippen LogP contribution in [0, 0.1) is 23.7 Å². The summed E-state index contributed by atoms with van der Waals surface area (Å²) in [6, 6.07) is 0. The number of hydrogen-bond donors (Lipinski definition) is 0. The first kappa shape index (κ1) is 12.0. The van der Waals surface area contributed by atoms with Crippen molar-refractivity contribution >= 4 is 11.9 Å². The maximum Gasteiger partial charge on any atom is 0.302 e. The van der Waals surface area contributed by atoms with E-state index in [1.165, 1.54) is 13.8 Å². The highest BCUT2D eigenvalue weighted by molar-refractivity contribution is 5.66. The minimum atomic E-state index is -0.186. The molecule has 6 unspecified atom stereocenters. The minimum Gasteiger partial charge on any atom is -0.462 e. The van der Waals surface area contributed by atoms with Crippen molar-refractivity contribution in [1.29, 1.82) is 0 Å². The Labute approximate surface area is 107 Å². The van der Waals surface area contributed by atoms with E-state index >= 15 is 0 Å². The molecule has 0 spiro atoms. The van der Waals surface area contributed by atoms with Gasteiger partial charge in [-0.1, -0.05) is 0 Å².